The maximum Gasteiger partial charge on any atom is 0.253 e. The molecule has 9 heteroatoms. The van der Waals surface area contributed by atoms with E-state index in [0.29, 0.717) is 42.8 Å². The molecule has 0 spiro atoms. The molecule has 3 aromatic rings. The molecule has 1 atom stereocenters. The first-order valence-electron chi connectivity index (χ1n) is 11.3. The molecule has 1 amide bonds. The lowest BCUT2D eigenvalue weighted by Crippen LogP contribution is -2.37. The molecular formula is C24H30FN5O3. The molecule has 5 rings (SSSR count). The molecule has 2 saturated heterocycles. The molecule has 1 unspecified atom stereocenters. The van der Waals surface area contributed by atoms with Crippen LogP contribution in [0.25, 0.3) is 11.2 Å². The van der Waals surface area contributed by atoms with E-state index in [2.05, 4.69) is 21.8 Å². The number of rotatable bonds is 5. The average molecular weight is 456 g/mol. The SMILES string of the molecule is CN.O=C(c1ccc(OCF)cc1)N1CCC(c2ccnc3nc(C4CCOC4)[nH]c23)CC1. The highest BCUT2D eigenvalue weighted by molar-refractivity contribution is 5.94. The number of H-pyrrole nitrogens is 1. The highest BCUT2D eigenvalue weighted by Crippen LogP contribution is 2.33. The van der Waals surface area contributed by atoms with Gasteiger partial charge in [0.05, 0.1) is 12.1 Å². The van der Waals surface area contributed by atoms with E-state index in [1.165, 1.54) is 12.6 Å². The van der Waals surface area contributed by atoms with Gasteiger partial charge in [-0.15, -0.1) is 0 Å². The van der Waals surface area contributed by atoms with Crippen LogP contribution in [-0.4, -0.2) is 66.0 Å². The fourth-order valence-corrected chi connectivity index (χ4v) is 4.56. The highest BCUT2D eigenvalue weighted by Gasteiger charge is 2.27. The molecule has 2 aliphatic heterocycles. The molecule has 4 heterocycles. The zero-order valence-electron chi connectivity index (χ0n) is 18.8. The minimum atomic E-state index is -0.880. The molecule has 2 aliphatic rings. The fraction of sp³-hybridized carbons (Fsp3) is 0.458. The van der Waals surface area contributed by atoms with Crippen LogP contribution in [0.4, 0.5) is 4.39 Å². The Kier molecular flexibility index (Phi) is 7.51. The molecule has 2 fully saturated rings. The second-order valence-corrected chi connectivity index (χ2v) is 8.13. The number of fused-ring (bicyclic) bond motifs is 1. The Balaban J connectivity index is 0.00000126. The summed E-state index contributed by atoms with van der Waals surface area (Å²) >= 11 is 0. The van der Waals surface area contributed by atoms with E-state index in [0.717, 1.165) is 42.9 Å². The van der Waals surface area contributed by atoms with E-state index in [1.54, 1.807) is 24.3 Å². The van der Waals surface area contributed by atoms with E-state index < -0.39 is 6.86 Å². The third-order valence-electron chi connectivity index (χ3n) is 6.30. The van der Waals surface area contributed by atoms with Crippen molar-refractivity contribution in [3.63, 3.8) is 0 Å². The number of ether oxygens (including phenoxy) is 2. The number of nitrogens with one attached hydrogen (secondary N) is 1. The van der Waals surface area contributed by atoms with Gasteiger partial charge in [-0.3, -0.25) is 4.79 Å². The molecule has 1 aromatic carbocycles. The molecule has 8 nitrogen and oxygen atoms in total. The molecule has 0 radical (unpaired) electrons. The molecule has 2 aromatic heterocycles. The minimum Gasteiger partial charge on any atom is -0.463 e. The third kappa shape index (κ3) is 4.99. The summed E-state index contributed by atoms with van der Waals surface area (Å²) in [7, 11) is 1.50. The standard InChI is InChI=1S/C23H25FN4O3.CH5N/c24-14-31-18-3-1-16(2-4-18)23(29)28-10-6-15(7-11-28)19-5-9-25-22-20(19)26-21(27-22)17-8-12-30-13-17;1-2/h1-5,9,15,17H,6-8,10-14H2,(H,25,26,27);2H2,1H3. The zero-order valence-corrected chi connectivity index (χ0v) is 18.8. The molecule has 3 N–H and O–H groups in total. The Labute approximate surface area is 192 Å². The van der Waals surface area contributed by atoms with Gasteiger partial charge in [0.15, 0.2) is 5.65 Å². The van der Waals surface area contributed by atoms with E-state index in [-0.39, 0.29) is 5.91 Å². The van der Waals surface area contributed by atoms with Crippen LogP contribution < -0.4 is 10.5 Å². The topological polar surface area (TPSA) is 106 Å². The van der Waals surface area contributed by atoms with Crippen molar-refractivity contribution in [1.29, 1.82) is 0 Å². The number of hydrogen-bond donors (Lipinski definition) is 2. The van der Waals surface area contributed by atoms with Crippen molar-refractivity contribution in [1.82, 2.24) is 19.9 Å². The number of carbonyl (C=O) groups excluding carboxylic acids is 1. The average Bonchev–Trinajstić information content (AvgIpc) is 3.56. The summed E-state index contributed by atoms with van der Waals surface area (Å²) in [5.74, 6) is 2.03. The first-order chi connectivity index (χ1) is 16.2. The van der Waals surface area contributed by atoms with E-state index in [4.69, 9.17) is 14.5 Å². The number of piperidine rings is 1. The number of pyridine rings is 1. The maximum absolute atomic E-state index is 12.8. The Morgan fingerprint density at radius 3 is 2.61 bits per heavy atom. The largest absolute Gasteiger partial charge is 0.463 e. The number of carbonyl (C=O) groups is 1. The van der Waals surface area contributed by atoms with Crippen LogP contribution in [-0.2, 0) is 4.74 Å². The number of aromatic amines is 1. The van der Waals surface area contributed by atoms with Gasteiger partial charge in [0.2, 0.25) is 6.86 Å². The lowest BCUT2D eigenvalue weighted by atomic mass is 9.89. The summed E-state index contributed by atoms with van der Waals surface area (Å²) in [4.78, 5) is 27.4. The Bertz CT molecular complexity index is 1060. The quantitative estimate of drug-likeness (QED) is 0.611. The number of halogens is 1. The van der Waals surface area contributed by atoms with Crippen molar-refractivity contribution in [3.05, 3.63) is 53.5 Å². The van der Waals surface area contributed by atoms with Crippen LogP contribution in [0.3, 0.4) is 0 Å². The van der Waals surface area contributed by atoms with Crippen LogP contribution in [0.15, 0.2) is 36.5 Å². The fourth-order valence-electron chi connectivity index (χ4n) is 4.56. The Hall–Kier alpha value is -3.04. The number of likely N-dealkylation sites (tertiary alicyclic amines) is 1. The normalized spacial score (nSPS) is 18.8. The molecule has 33 heavy (non-hydrogen) atoms. The van der Waals surface area contributed by atoms with Crippen molar-refractivity contribution >= 4 is 17.1 Å². The smallest absolute Gasteiger partial charge is 0.253 e. The van der Waals surface area contributed by atoms with Crippen molar-refractivity contribution in [3.8, 4) is 5.75 Å². The summed E-state index contributed by atoms with van der Waals surface area (Å²) in [6.07, 6.45) is 4.58. The predicted molar refractivity (Wildman–Crippen MR) is 123 cm³/mol. The molecule has 0 aliphatic carbocycles. The number of nitrogens with zero attached hydrogens (tertiary/aromatic N) is 3. The molecule has 0 bridgehead atoms. The zero-order chi connectivity index (χ0) is 23.2. The van der Waals surface area contributed by atoms with Gasteiger partial charge in [-0.05, 0) is 68.1 Å². The second kappa shape index (κ2) is 10.7. The minimum absolute atomic E-state index is 0.00446. The lowest BCUT2D eigenvalue weighted by Gasteiger charge is -2.32. The summed E-state index contributed by atoms with van der Waals surface area (Å²) < 4.78 is 22.6. The summed E-state index contributed by atoms with van der Waals surface area (Å²) in [6.45, 7) is 1.98. The Morgan fingerprint density at radius 1 is 1.18 bits per heavy atom. The van der Waals surface area contributed by atoms with E-state index >= 15 is 0 Å². The Morgan fingerprint density at radius 2 is 1.94 bits per heavy atom. The van der Waals surface area contributed by atoms with Gasteiger partial charge >= 0.3 is 0 Å². The van der Waals surface area contributed by atoms with Gasteiger partial charge in [-0.2, -0.15) is 0 Å². The molecule has 0 saturated carbocycles. The lowest BCUT2D eigenvalue weighted by molar-refractivity contribution is 0.0713. The van der Waals surface area contributed by atoms with Gasteiger partial charge in [0.1, 0.15) is 11.6 Å². The molecular weight excluding hydrogens is 425 g/mol. The van der Waals surface area contributed by atoms with Gasteiger partial charge in [-0.25, -0.2) is 14.4 Å². The predicted octanol–water partition coefficient (Wildman–Crippen LogP) is 3.36. The number of hydrogen-bond acceptors (Lipinski definition) is 6. The number of aromatic nitrogens is 3. The third-order valence-corrected chi connectivity index (χ3v) is 6.30. The first-order valence-corrected chi connectivity index (χ1v) is 11.3. The second-order valence-electron chi connectivity index (χ2n) is 8.13. The van der Waals surface area contributed by atoms with Crippen LogP contribution in [0, 0.1) is 0 Å². The van der Waals surface area contributed by atoms with Crippen molar-refractivity contribution in [2.24, 2.45) is 5.73 Å². The number of amides is 1. The van der Waals surface area contributed by atoms with E-state index in [9.17, 15) is 9.18 Å². The first kappa shape index (κ1) is 23.1. The van der Waals surface area contributed by atoms with Gasteiger partial charge in [0.25, 0.3) is 5.91 Å². The number of benzene rings is 1. The molecule has 176 valence electrons. The maximum atomic E-state index is 12.8. The van der Waals surface area contributed by atoms with Crippen LogP contribution >= 0.6 is 0 Å². The number of imidazole rings is 1. The van der Waals surface area contributed by atoms with Gasteiger partial charge < -0.3 is 25.1 Å². The van der Waals surface area contributed by atoms with Gasteiger partial charge in [-0.1, -0.05) is 0 Å². The van der Waals surface area contributed by atoms with Crippen molar-refractivity contribution in [2.75, 3.05) is 40.2 Å². The van der Waals surface area contributed by atoms with E-state index in [1.807, 2.05) is 11.1 Å². The number of alkyl halides is 1. The summed E-state index contributed by atoms with van der Waals surface area (Å²) in [5, 5.41) is 0. The monoisotopic (exact) mass is 455 g/mol. The van der Waals surface area contributed by atoms with Crippen molar-refractivity contribution < 1.29 is 18.7 Å². The highest BCUT2D eigenvalue weighted by atomic mass is 19.1. The van der Waals surface area contributed by atoms with Crippen LogP contribution in [0.2, 0.25) is 0 Å². The number of nitrogens with two attached hydrogens (primary N) is 1. The van der Waals surface area contributed by atoms with Crippen molar-refractivity contribution in [2.45, 2.75) is 31.1 Å². The van der Waals surface area contributed by atoms with Gasteiger partial charge in [0, 0.05) is 37.4 Å². The summed E-state index contributed by atoms with van der Waals surface area (Å²) in [6, 6.07) is 8.69. The van der Waals surface area contributed by atoms with Crippen LogP contribution in [0.1, 0.15) is 52.8 Å². The van der Waals surface area contributed by atoms with Crippen LogP contribution in [0.5, 0.6) is 5.75 Å². The summed E-state index contributed by atoms with van der Waals surface area (Å²) in [5.41, 5.74) is 8.08.